The Morgan fingerprint density at radius 2 is 1.32 bits per heavy atom. The smallest absolute Gasteiger partial charge is 0.0346 e. The van der Waals surface area contributed by atoms with Crippen LogP contribution in [-0.4, -0.2) is 18.2 Å². The lowest BCUT2D eigenvalue weighted by Gasteiger charge is -2.35. The van der Waals surface area contributed by atoms with E-state index in [-0.39, 0.29) is 0 Å². The monoisotopic (exact) mass is 252 g/mol. The fourth-order valence-corrected chi connectivity index (χ4v) is 3.06. The predicted octanol–water partition coefficient (Wildman–Crippen LogP) is 3.61. The van der Waals surface area contributed by atoms with Crippen molar-refractivity contribution in [3.8, 4) is 0 Å². The van der Waals surface area contributed by atoms with Crippen LogP contribution in [0.1, 0.15) is 29.4 Å². The molecule has 0 aromatic heterocycles. The maximum atomic E-state index is 11.7. The van der Waals surface area contributed by atoms with Gasteiger partial charge in [-0.15, -0.1) is 5.21 Å². The first-order valence-electron chi connectivity index (χ1n) is 6.86. The molecule has 97 valence electrons. The van der Waals surface area contributed by atoms with Gasteiger partial charge in [-0.2, -0.15) is 5.06 Å². The molecule has 0 aliphatic carbocycles. The Balaban J connectivity index is 1.93. The summed E-state index contributed by atoms with van der Waals surface area (Å²) >= 11 is 0. The van der Waals surface area contributed by atoms with Crippen LogP contribution >= 0.6 is 0 Å². The van der Waals surface area contributed by atoms with Crippen LogP contribution in [0.3, 0.4) is 0 Å². The molecule has 0 bridgehead atoms. The van der Waals surface area contributed by atoms with Gasteiger partial charge >= 0.3 is 0 Å². The molecule has 2 nitrogen and oxygen atoms in total. The molecule has 1 heterocycles. The van der Waals surface area contributed by atoms with Gasteiger partial charge in [0, 0.05) is 19.0 Å². The standard InChI is InChI=1S/C17H18NO/c19-18-12-11-16(14-7-3-1-4-8-14)17(13-18)15-9-5-2-6-10-15/h1-10,16-17H,11-13H2. The summed E-state index contributed by atoms with van der Waals surface area (Å²) in [6.07, 6.45) is 0.938. The van der Waals surface area contributed by atoms with Crippen LogP contribution in [0.4, 0.5) is 0 Å². The van der Waals surface area contributed by atoms with E-state index in [4.69, 9.17) is 0 Å². The van der Waals surface area contributed by atoms with E-state index in [9.17, 15) is 5.21 Å². The second kappa shape index (κ2) is 5.55. The molecule has 1 aliphatic heterocycles. The molecule has 2 heteroatoms. The Labute approximate surface area is 114 Å². The van der Waals surface area contributed by atoms with Gasteiger partial charge in [-0.1, -0.05) is 60.7 Å². The minimum Gasteiger partial charge on any atom is -0.154 e. The third-order valence-corrected chi connectivity index (χ3v) is 4.03. The summed E-state index contributed by atoms with van der Waals surface area (Å²) in [5.74, 6) is 0.753. The average Bonchev–Trinajstić information content (AvgIpc) is 2.49. The Hall–Kier alpha value is -1.64. The van der Waals surface area contributed by atoms with Crippen molar-refractivity contribution in [2.45, 2.75) is 18.3 Å². The topological polar surface area (TPSA) is 23.1 Å². The zero-order valence-electron chi connectivity index (χ0n) is 10.9. The lowest BCUT2D eigenvalue weighted by Crippen LogP contribution is -2.35. The van der Waals surface area contributed by atoms with E-state index in [0.717, 1.165) is 6.42 Å². The second-order valence-electron chi connectivity index (χ2n) is 5.21. The number of rotatable bonds is 2. The molecule has 0 saturated carbocycles. The van der Waals surface area contributed by atoms with Crippen molar-refractivity contribution in [3.63, 3.8) is 0 Å². The Morgan fingerprint density at radius 3 is 1.89 bits per heavy atom. The highest BCUT2D eigenvalue weighted by Crippen LogP contribution is 2.39. The lowest BCUT2D eigenvalue weighted by atomic mass is 9.77. The van der Waals surface area contributed by atoms with Gasteiger partial charge in [-0.05, 0) is 23.5 Å². The summed E-state index contributed by atoms with van der Waals surface area (Å²) in [5, 5.41) is 12.9. The molecule has 1 fully saturated rings. The molecule has 1 saturated heterocycles. The van der Waals surface area contributed by atoms with Crippen molar-refractivity contribution in [1.29, 1.82) is 0 Å². The fourth-order valence-electron chi connectivity index (χ4n) is 3.06. The molecule has 2 aromatic carbocycles. The lowest BCUT2D eigenvalue weighted by molar-refractivity contribution is -0.173. The summed E-state index contributed by atoms with van der Waals surface area (Å²) < 4.78 is 0. The zero-order valence-corrected chi connectivity index (χ0v) is 10.9. The van der Waals surface area contributed by atoms with Gasteiger partial charge in [0.1, 0.15) is 0 Å². The number of hydrogen-bond donors (Lipinski definition) is 0. The predicted molar refractivity (Wildman–Crippen MR) is 75.2 cm³/mol. The van der Waals surface area contributed by atoms with E-state index in [2.05, 4.69) is 48.5 Å². The quantitative estimate of drug-likeness (QED) is 0.800. The molecular formula is C17H18NO. The summed E-state index contributed by atoms with van der Waals surface area (Å²) in [5.41, 5.74) is 2.63. The largest absolute Gasteiger partial charge is 0.154 e. The maximum absolute atomic E-state index is 11.7. The summed E-state index contributed by atoms with van der Waals surface area (Å²) in [6, 6.07) is 21.0. The number of nitrogens with zero attached hydrogens (tertiary/aromatic N) is 1. The van der Waals surface area contributed by atoms with Crippen LogP contribution < -0.4 is 0 Å². The first kappa shape index (κ1) is 12.4. The van der Waals surface area contributed by atoms with Crippen molar-refractivity contribution in [1.82, 2.24) is 5.06 Å². The fraction of sp³-hybridized carbons (Fsp3) is 0.294. The first-order chi connectivity index (χ1) is 9.34. The third-order valence-electron chi connectivity index (χ3n) is 4.03. The van der Waals surface area contributed by atoms with Gasteiger partial charge in [0.25, 0.3) is 0 Å². The minimum atomic E-state index is 0.301. The van der Waals surface area contributed by atoms with Crippen LogP contribution in [0.2, 0.25) is 0 Å². The Bertz CT molecular complexity index is 511. The number of benzene rings is 2. The number of hydrogen-bond acceptors (Lipinski definition) is 1. The molecule has 3 rings (SSSR count). The summed E-state index contributed by atoms with van der Waals surface area (Å²) in [6.45, 7) is 1.24. The molecule has 2 unspecified atom stereocenters. The maximum Gasteiger partial charge on any atom is 0.0346 e. The Morgan fingerprint density at radius 1 is 0.789 bits per heavy atom. The summed E-state index contributed by atoms with van der Waals surface area (Å²) in [4.78, 5) is 0. The highest BCUT2D eigenvalue weighted by molar-refractivity contribution is 5.29. The zero-order chi connectivity index (χ0) is 13.1. The van der Waals surface area contributed by atoms with Gasteiger partial charge in [0.15, 0.2) is 0 Å². The van der Waals surface area contributed by atoms with Crippen LogP contribution in [-0.2, 0) is 5.21 Å². The molecule has 2 atom stereocenters. The molecule has 1 radical (unpaired) electrons. The van der Waals surface area contributed by atoms with E-state index < -0.39 is 0 Å². The SMILES string of the molecule is [O]N1CCC(c2ccccc2)C(c2ccccc2)C1. The minimum absolute atomic E-state index is 0.301. The van der Waals surface area contributed by atoms with Gasteiger partial charge in [0.05, 0.1) is 0 Å². The van der Waals surface area contributed by atoms with Gasteiger partial charge < -0.3 is 0 Å². The van der Waals surface area contributed by atoms with Crippen LogP contribution in [0, 0.1) is 0 Å². The summed E-state index contributed by atoms with van der Waals surface area (Å²) in [7, 11) is 0. The molecule has 2 aromatic rings. The van der Waals surface area contributed by atoms with Gasteiger partial charge in [0.2, 0.25) is 0 Å². The molecule has 19 heavy (non-hydrogen) atoms. The van der Waals surface area contributed by atoms with Crippen molar-refractivity contribution in [2.24, 2.45) is 0 Å². The van der Waals surface area contributed by atoms with E-state index in [0.29, 0.717) is 24.9 Å². The highest BCUT2D eigenvalue weighted by Gasteiger charge is 2.31. The number of piperidine rings is 1. The second-order valence-corrected chi connectivity index (χ2v) is 5.21. The van der Waals surface area contributed by atoms with E-state index in [1.54, 1.807) is 0 Å². The normalized spacial score (nSPS) is 24.3. The van der Waals surface area contributed by atoms with Crippen LogP contribution in [0.25, 0.3) is 0 Å². The average molecular weight is 252 g/mol. The molecule has 0 spiro atoms. The van der Waals surface area contributed by atoms with E-state index in [1.807, 2.05) is 12.1 Å². The van der Waals surface area contributed by atoms with Gasteiger partial charge in [-0.25, -0.2) is 0 Å². The molecule has 0 N–H and O–H groups in total. The van der Waals surface area contributed by atoms with Crippen molar-refractivity contribution in [2.75, 3.05) is 13.1 Å². The van der Waals surface area contributed by atoms with E-state index >= 15 is 0 Å². The van der Waals surface area contributed by atoms with E-state index in [1.165, 1.54) is 16.2 Å². The highest BCUT2D eigenvalue weighted by atomic mass is 16.5. The molecule has 1 aliphatic rings. The molecular weight excluding hydrogens is 234 g/mol. The van der Waals surface area contributed by atoms with Crippen molar-refractivity contribution >= 4 is 0 Å². The van der Waals surface area contributed by atoms with Crippen molar-refractivity contribution in [3.05, 3.63) is 71.8 Å². The van der Waals surface area contributed by atoms with Crippen LogP contribution in [0.15, 0.2) is 60.7 Å². The van der Waals surface area contributed by atoms with Crippen molar-refractivity contribution < 1.29 is 5.21 Å². The van der Waals surface area contributed by atoms with Gasteiger partial charge in [-0.3, -0.25) is 0 Å². The van der Waals surface area contributed by atoms with Crippen LogP contribution in [0.5, 0.6) is 0 Å². The Kier molecular flexibility index (Phi) is 3.62. The third kappa shape index (κ3) is 2.70. The molecule has 0 amide bonds. The first-order valence-corrected chi connectivity index (χ1v) is 6.86. The number of hydroxylamine groups is 2.